The highest BCUT2D eigenvalue weighted by atomic mass is 16.5. The first kappa shape index (κ1) is 11.3. The zero-order valence-electron chi connectivity index (χ0n) is 10.3. The molecule has 4 nitrogen and oxygen atoms in total. The average Bonchev–Trinajstić information content (AvgIpc) is 2.85. The lowest BCUT2D eigenvalue weighted by molar-refractivity contribution is 0.415. The van der Waals surface area contributed by atoms with E-state index in [2.05, 4.69) is 11.1 Å². The predicted molar refractivity (Wildman–Crippen MR) is 70.7 cm³/mol. The molecule has 0 aliphatic heterocycles. The van der Waals surface area contributed by atoms with Crippen LogP contribution in [0.25, 0.3) is 22.3 Å². The molecular formula is C15H10N2O2. The highest BCUT2D eigenvalue weighted by Crippen LogP contribution is 2.34. The Morgan fingerprint density at radius 3 is 2.68 bits per heavy atom. The van der Waals surface area contributed by atoms with Gasteiger partial charge in [0, 0.05) is 23.3 Å². The van der Waals surface area contributed by atoms with Gasteiger partial charge in [0.1, 0.15) is 23.0 Å². The van der Waals surface area contributed by atoms with Gasteiger partial charge in [0.25, 0.3) is 0 Å². The average molecular weight is 250 g/mol. The Morgan fingerprint density at radius 1 is 1.21 bits per heavy atom. The van der Waals surface area contributed by atoms with Crippen LogP contribution in [0.2, 0.25) is 0 Å². The van der Waals surface area contributed by atoms with Crippen LogP contribution in [0.15, 0.2) is 47.1 Å². The molecule has 2 heterocycles. The van der Waals surface area contributed by atoms with E-state index < -0.39 is 0 Å². The van der Waals surface area contributed by atoms with Gasteiger partial charge in [-0.1, -0.05) is 0 Å². The standard InChI is InChI=1S/C15H10N2O2/c1-18-11-2-3-14-12(8-11)13(9-16)15(19-14)10-4-6-17-7-5-10/h2-8H,1H3. The van der Waals surface area contributed by atoms with Gasteiger partial charge in [0.2, 0.25) is 0 Å². The van der Waals surface area contributed by atoms with Crippen LogP contribution >= 0.6 is 0 Å². The van der Waals surface area contributed by atoms with Crippen molar-refractivity contribution in [2.75, 3.05) is 7.11 Å². The van der Waals surface area contributed by atoms with Gasteiger partial charge in [0.05, 0.1) is 7.11 Å². The zero-order valence-corrected chi connectivity index (χ0v) is 10.3. The Bertz CT molecular complexity index is 770. The van der Waals surface area contributed by atoms with Gasteiger partial charge in [-0.15, -0.1) is 0 Å². The second-order valence-corrected chi connectivity index (χ2v) is 4.02. The van der Waals surface area contributed by atoms with Crippen LogP contribution in [-0.4, -0.2) is 12.1 Å². The van der Waals surface area contributed by atoms with Gasteiger partial charge in [-0.3, -0.25) is 4.98 Å². The SMILES string of the molecule is COc1ccc2oc(-c3ccncc3)c(C#N)c2c1. The van der Waals surface area contributed by atoms with Crippen molar-refractivity contribution >= 4 is 11.0 Å². The number of aromatic nitrogens is 1. The number of ether oxygens (including phenoxy) is 1. The second-order valence-electron chi connectivity index (χ2n) is 4.02. The van der Waals surface area contributed by atoms with Crippen LogP contribution < -0.4 is 4.74 Å². The summed E-state index contributed by atoms with van der Waals surface area (Å²) < 4.78 is 10.9. The molecule has 0 spiro atoms. The summed E-state index contributed by atoms with van der Waals surface area (Å²) in [7, 11) is 1.59. The Labute approximate surface area is 109 Å². The number of nitriles is 1. The normalized spacial score (nSPS) is 10.3. The Hall–Kier alpha value is -2.80. The molecule has 0 atom stereocenters. The molecule has 4 heteroatoms. The number of pyridine rings is 1. The fraction of sp³-hybridized carbons (Fsp3) is 0.0667. The molecule has 92 valence electrons. The van der Waals surface area contributed by atoms with E-state index in [1.54, 1.807) is 25.6 Å². The molecule has 0 fully saturated rings. The number of hydrogen-bond donors (Lipinski definition) is 0. The number of rotatable bonds is 2. The van der Waals surface area contributed by atoms with E-state index in [0.717, 1.165) is 10.9 Å². The van der Waals surface area contributed by atoms with Crippen molar-refractivity contribution < 1.29 is 9.15 Å². The maximum Gasteiger partial charge on any atom is 0.153 e. The minimum atomic E-state index is 0.514. The van der Waals surface area contributed by atoms with E-state index in [-0.39, 0.29) is 0 Å². The van der Waals surface area contributed by atoms with Crippen LogP contribution in [0.3, 0.4) is 0 Å². The molecule has 19 heavy (non-hydrogen) atoms. The second kappa shape index (κ2) is 4.46. The van der Waals surface area contributed by atoms with Crippen LogP contribution in [0.4, 0.5) is 0 Å². The van der Waals surface area contributed by atoms with Gasteiger partial charge >= 0.3 is 0 Å². The number of furan rings is 1. The molecule has 0 saturated carbocycles. The van der Waals surface area contributed by atoms with E-state index in [1.807, 2.05) is 24.3 Å². The highest BCUT2D eigenvalue weighted by molar-refractivity contribution is 5.91. The third-order valence-electron chi connectivity index (χ3n) is 2.95. The first-order valence-electron chi connectivity index (χ1n) is 5.74. The van der Waals surface area contributed by atoms with Crippen molar-refractivity contribution in [3.05, 3.63) is 48.3 Å². The number of benzene rings is 1. The molecule has 0 aliphatic carbocycles. The topological polar surface area (TPSA) is 59.1 Å². The van der Waals surface area contributed by atoms with E-state index in [9.17, 15) is 5.26 Å². The molecular weight excluding hydrogens is 240 g/mol. The summed E-state index contributed by atoms with van der Waals surface area (Å²) in [6.45, 7) is 0. The monoisotopic (exact) mass is 250 g/mol. The summed E-state index contributed by atoms with van der Waals surface area (Å²) in [4.78, 5) is 3.96. The molecule has 0 unspecified atom stereocenters. The molecule has 0 bridgehead atoms. The minimum Gasteiger partial charge on any atom is -0.497 e. The molecule has 3 aromatic rings. The number of methoxy groups -OCH3 is 1. The molecule has 0 amide bonds. The van der Waals surface area contributed by atoms with E-state index in [0.29, 0.717) is 22.7 Å². The number of fused-ring (bicyclic) bond motifs is 1. The Morgan fingerprint density at radius 2 is 2.00 bits per heavy atom. The van der Waals surface area contributed by atoms with Gasteiger partial charge in [-0.05, 0) is 30.3 Å². The molecule has 0 saturated heterocycles. The first-order chi connectivity index (χ1) is 9.33. The van der Waals surface area contributed by atoms with Crippen molar-refractivity contribution in [1.29, 1.82) is 5.26 Å². The lowest BCUT2D eigenvalue weighted by Gasteiger charge is -1.97. The fourth-order valence-electron chi connectivity index (χ4n) is 2.02. The van der Waals surface area contributed by atoms with Crippen molar-refractivity contribution in [2.24, 2.45) is 0 Å². The van der Waals surface area contributed by atoms with Crippen molar-refractivity contribution in [3.63, 3.8) is 0 Å². The summed E-state index contributed by atoms with van der Waals surface area (Å²) in [5.74, 6) is 1.26. The third kappa shape index (κ3) is 1.81. The van der Waals surface area contributed by atoms with E-state index in [1.165, 1.54) is 0 Å². The number of nitrogens with zero attached hydrogens (tertiary/aromatic N) is 2. The summed E-state index contributed by atoms with van der Waals surface area (Å²) in [5.41, 5.74) is 2.02. The highest BCUT2D eigenvalue weighted by Gasteiger charge is 2.16. The van der Waals surface area contributed by atoms with Crippen LogP contribution in [-0.2, 0) is 0 Å². The summed E-state index contributed by atoms with van der Waals surface area (Å²) in [6, 6.07) is 11.3. The van der Waals surface area contributed by atoms with Crippen LogP contribution in [0.5, 0.6) is 5.75 Å². The van der Waals surface area contributed by atoms with Gasteiger partial charge in [-0.25, -0.2) is 0 Å². The first-order valence-corrected chi connectivity index (χ1v) is 5.74. The largest absolute Gasteiger partial charge is 0.497 e. The summed E-state index contributed by atoms with van der Waals surface area (Å²) in [6.07, 6.45) is 3.34. The third-order valence-corrected chi connectivity index (χ3v) is 2.95. The van der Waals surface area contributed by atoms with Crippen molar-refractivity contribution in [2.45, 2.75) is 0 Å². The minimum absolute atomic E-state index is 0.514. The fourth-order valence-corrected chi connectivity index (χ4v) is 2.02. The van der Waals surface area contributed by atoms with Gasteiger partial charge in [0.15, 0.2) is 5.76 Å². The number of hydrogen-bond acceptors (Lipinski definition) is 4. The lowest BCUT2D eigenvalue weighted by Crippen LogP contribution is -1.82. The summed E-state index contributed by atoms with van der Waals surface area (Å²) in [5, 5.41) is 10.1. The maximum absolute atomic E-state index is 9.36. The molecule has 2 aromatic heterocycles. The van der Waals surface area contributed by atoms with Crippen molar-refractivity contribution in [3.8, 4) is 23.1 Å². The Balaban J connectivity index is 2.30. The van der Waals surface area contributed by atoms with Crippen LogP contribution in [0.1, 0.15) is 5.56 Å². The van der Waals surface area contributed by atoms with Crippen molar-refractivity contribution in [1.82, 2.24) is 4.98 Å². The molecule has 1 aromatic carbocycles. The van der Waals surface area contributed by atoms with Gasteiger partial charge < -0.3 is 9.15 Å². The quantitative estimate of drug-likeness (QED) is 0.699. The van der Waals surface area contributed by atoms with E-state index in [4.69, 9.17) is 9.15 Å². The maximum atomic E-state index is 9.36. The van der Waals surface area contributed by atoms with E-state index >= 15 is 0 Å². The van der Waals surface area contributed by atoms with Crippen LogP contribution in [0, 0.1) is 11.3 Å². The molecule has 0 aliphatic rings. The summed E-state index contributed by atoms with van der Waals surface area (Å²) >= 11 is 0. The molecule has 0 radical (unpaired) electrons. The lowest BCUT2D eigenvalue weighted by atomic mass is 10.1. The van der Waals surface area contributed by atoms with Gasteiger partial charge in [-0.2, -0.15) is 5.26 Å². The smallest absolute Gasteiger partial charge is 0.153 e. The molecule has 3 rings (SSSR count). The predicted octanol–water partition coefficient (Wildman–Crippen LogP) is 3.38. The molecule has 0 N–H and O–H groups in total. The Kier molecular flexibility index (Phi) is 2.66. The zero-order chi connectivity index (χ0) is 13.2.